The number of hydrogen-bond donors (Lipinski definition) is 2. The second-order valence-electron chi connectivity index (χ2n) is 2.70. The zero-order chi connectivity index (χ0) is 10.4. The fourth-order valence-electron chi connectivity index (χ4n) is 0.923. The molecule has 0 aliphatic carbocycles. The van der Waals surface area contributed by atoms with Crippen molar-refractivity contribution in [3.05, 3.63) is 30.1 Å². The summed E-state index contributed by atoms with van der Waals surface area (Å²) in [5.74, 6) is -0.915. The van der Waals surface area contributed by atoms with Crippen LogP contribution in [0.3, 0.4) is 0 Å². The Kier molecular flexibility index (Phi) is 4.00. The van der Waals surface area contributed by atoms with Crippen molar-refractivity contribution in [1.29, 1.82) is 0 Å². The summed E-state index contributed by atoms with van der Waals surface area (Å²) in [4.78, 5) is 14.6. The topological polar surface area (TPSA) is 62.2 Å². The number of nitrogens with one attached hydrogen (secondary N) is 1. The molecule has 2 N–H and O–H groups in total. The molecule has 0 bridgehead atoms. The van der Waals surface area contributed by atoms with E-state index in [0.717, 1.165) is 5.56 Å². The minimum absolute atomic E-state index is 0.135. The number of carbonyl (C=O) groups is 1. The van der Waals surface area contributed by atoms with Gasteiger partial charge in [0.05, 0.1) is 4.99 Å². The summed E-state index contributed by atoms with van der Waals surface area (Å²) in [5, 5.41) is 11.0. The third-order valence-corrected chi connectivity index (χ3v) is 1.84. The smallest absolute Gasteiger partial charge is 0.322 e. The molecule has 0 spiro atoms. The summed E-state index contributed by atoms with van der Waals surface area (Å²) in [7, 11) is 0. The van der Waals surface area contributed by atoms with Gasteiger partial charge in [0.25, 0.3) is 0 Å². The molecule has 14 heavy (non-hydrogen) atoms. The highest BCUT2D eigenvalue weighted by Crippen LogP contribution is 1.97. The molecule has 0 radical (unpaired) electrons. The largest absolute Gasteiger partial charge is 0.480 e. The molecule has 4 nitrogen and oxygen atoms in total. The monoisotopic (exact) mass is 210 g/mol. The van der Waals surface area contributed by atoms with E-state index >= 15 is 0 Å². The van der Waals surface area contributed by atoms with Gasteiger partial charge in [0.15, 0.2) is 0 Å². The molecule has 74 valence electrons. The number of rotatable bonds is 4. The van der Waals surface area contributed by atoms with E-state index in [9.17, 15) is 4.79 Å². The maximum Gasteiger partial charge on any atom is 0.322 e. The predicted molar refractivity (Wildman–Crippen MR) is 56.2 cm³/mol. The molecule has 1 rings (SSSR count). The molecule has 1 aromatic heterocycles. The van der Waals surface area contributed by atoms with Crippen molar-refractivity contribution in [1.82, 2.24) is 10.3 Å². The molecule has 5 heteroatoms. The maximum absolute atomic E-state index is 10.2. The van der Waals surface area contributed by atoms with Gasteiger partial charge in [-0.3, -0.25) is 9.78 Å². The highest BCUT2D eigenvalue weighted by atomic mass is 32.1. The zero-order valence-electron chi connectivity index (χ0n) is 7.43. The highest BCUT2D eigenvalue weighted by Gasteiger charge is 2.00. The standard InChI is InChI=1S/C9H10N2O2S/c12-9(13)6-11-8(14)5-7-1-3-10-4-2-7/h1-4H,5-6H2,(H,11,14)(H,12,13). The van der Waals surface area contributed by atoms with Gasteiger partial charge in [-0.05, 0) is 17.7 Å². The Bertz CT molecular complexity index is 327. The average Bonchev–Trinajstić information content (AvgIpc) is 2.16. The molecule has 0 aliphatic rings. The van der Waals surface area contributed by atoms with E-state index in [1.165, 1.54) is 0 Å². The number of hydrogen-bond acceptors (Lipinski definition) is 3. The normalized spacial score (nSPS) is 9.43. The molecule has 0 amide bonds. The third kappa shape index (κ3) is 3.95. The van der Waals surface area contributed by atoms with Crippen LogP contribution in [0.4, 0.5) is 0 Å². The number of carboxylic acids is 1. The first-order valence-corrected chi connectivity index (χ1v) is 4.46. The van der Waals surface area contributed by atoms with Crippen LogP contribution >= 0.6 is 12.2 Å². The van der Waals surface area contributed by atoms with E-state index in [-0.39, 0.29) is 6.54 Å². The van der Waals surface area contributed by atoms with Crippen molar-refractivity contribution in [2.24, 2.45) is 0 Å². The van der Waals surface area contributed by atoms with Gasteiger partial charge in [0.1, 0.15) is 6.54 Å². The minimum atomic E-state index is -0.915. The Hall–Kier alpha value is -1.49. The number of aliphatic carboxylic acids is 1. The molecule has 0 atom stereocenters. The molecule has 0 fully saturated rings. The summed E-state index contributed by atoms with van der Waals surface area (Å²) in [5.41, 5.74) is 1.02. The molecule has 0 aliphatic heterocycles. The van der Waals surface area contributed by atoms with E-state index in [2.05, 4.69) is 10.3 Å². The van der Waals surface area contributed by atoms with Crippen LogP contribution in [0.1, 0.15) is 5.56 Å². The lowest BCUT2D eigenvalue weighted by Crippen LogP contribution is -2.29. The summed E-state index contributed by atoms with van der Waals surface area (Å²) < 4.78 is 0. The zero-order valence-corrected chi connectivity index (χ0v) is 8.25. The summed E-state index contributed by atoms with van der Waals surface area (Å²) in [6, 6.07) is 3.68. The number of pyridine rings is 1. The molecule has 0 saturated heterocycles. The average molecular weight is 210 g/mol. The fraction of sp³-hybridized carbons (Fsp3) is 0.222. The van der Waals surface area contributed by atoms with Crippen LogP contribution in [0.5, 0.6) is 0 Å². The Balaban J connectivity index is 2.38. The number of carboxylic acid groups (broad SMARTS) is 1. The second kappa shape index (κ2) is 5.29. The van der Waals surface area contributed by atoms with Crippen LogP contribution in [0.25, 0.3) is 0 Å². The van der Waals surface area contributed by atoms with Gasteiger partial charge in [-0.15, -0.1) is 0 Å². The molecule has 1 aromatic rings. The van der Waals surface area contributed by atoms with Crippen molar-refractivity contribution in [3.63, 3.8) is 0 Å². The first kappa shape index (κ1) is 10.6. The van der Waals surface area contributed by atoms with E-state index in [1.807, 2.05) is 12.1 Å². The van der Waals surface area contributed by atoms with Gasteiger partial charge in [0, 0.05) is 18.8 Å². The Morgan fingerprint density at radius 1 is 1.50 bits per heavy atom. The lowest BCUT2D eigenvalue weighted by molar-refractivity contribution is -0.135. The van der Waals surface area contributed by atoms with Gasteiger partial charge in [0.2, 0.25) is 0 Å². The minimum Gasteiger partial charge on any atom is -0.480 e. The van der Waals surface area contributed by atoms with Crippen LogP contribution in [0.15, 0.2) is 24.5 Å². The molecular formula is C9H10N2O2S. The summed E-state index contributed by atoms with van der Waals surface area (Å²) in [6.07, 6.45) is 3.90. The Morgan fingerprint density at radius 2 is 2.14 bits per heavy atom. The van der Waals surface area contributed by atoms with Crippen LogP contribution in [0.2, 0.25) is 0 Å². The third-order valence-electron chi connectivity index (χ3n) is 1.55. The van der Waals surface area contributed by atoms with Crippen molar-refractivity contribution in [2.45, 2.75) is 6.42 Å². The SMILES string of the molecule is O=C(O)CNC(=S)Cc1ccncc1. The van der Waals surface area contributed by atoms with Crippen molar-refractivity contribution < 1.29 is 9.90 Å². The van der Waals surface area contributed by atoms with Crippen LogP contribution in [0, 0.1) is 0 Å². The van der Waals surface area contributed by atoms with Crippen LogP contribution in [-0.4, -0.2) is 27.6 Å². The van der Waals surface area contributed by atoms with Crippen molar-refractivity contribution in [2.75, 3.05) is 6.54 Å². The molecule has 1 heterocycles. The Morgan fingerprint density at radius 3 is 2.71 bits per heavy atom. The number of aromatic nitrogens is 1. The molecule has 0 aromatic carbocycles. The maximum atomic E-state index is 10.2. The molecular weight excluding hydrogens is 200 g/mol. The number of thiocarbonyl (C=S) groups is 1. The van der Waals surface area contributed by atoms with Gasteiger partial charge in [-0.1, -0.05) is 12.2 Å². The molecule has 0 unspecified atom stereocenters. The lowest BCUT2D eigenvalue weighted by atomic mass is 10.2. The van der Waals surface area contributed by atoms with E-state index in [0.29, 0.717) is 11.4 Å². The first-order chi connectivity index (χ1) is 6.68. The van der Waals surface area contributed by atoms with Gasteiger partial charge in [-0.25, -0.2) is 0 Å². The lowest BCUT2D eigenvalue weighted by Gasteiger charge is -2.04. The van der Waals surface area contributed by atoms with Crippen molar-refractivity contribution in [3.8, 4) is 0 Å². The quantitative estimate of drug-likeness (QED) is 0.713. The van der Waals surface area contributed by atoms with E-state index in [1.54, 1.807) is 12.4 Å². The Labute approximate surface area is 87.0 Å². The second-order valence-corrected chi connectivity index (χ2v) is 3.20. The highest BCUT2D eigenvalue weighted by molar-refractivity contribution is 7.80. The van der Waals surface area contributed by atoms with Crippen LogP contribution in [-0.2, 0) is 11.2 Å². The van der Waals surface area contributed by atoms with Crippen molar-refractivity contribution >= 4 is 23.2 Å². The van der Waals surface area contributed by atoms with Gasteiger partial charge in [-0.2, -0.15) is 0 Å². The summed E-state index contributed by atoms with van der Waals surface area (Å²) >= 11 is 4.96. The van der Waals surface area contributed by atoms with E-state index < -0.39 is 5.97 Å². The van der Waals surface area contributed by atoms with Gasteiger partial charge < -0.3 is 10.4 Å². The van der Waals surface area contributed by atoms with Crippen LogP contribution < -0.4 is 5.32 Å². The van der Waals surface area contributed by atoms with Gasteiger partial charge >= 0.3 is 5.97 Å². The number of nitrogens with zero attached hydrogens (tertiary/aromatic N) is 1. The molecule has 0 saturated carbocycles. The first-order valence-electron chi connectivity index (χ1n) is 4.06. The summed E-state index contributed by atoms with van der Waals surface area (Å²) in [6.45, 7) is -0.135. The van der Waals surface area contributed by atoms with E-state index in [4.69, 9.17) is 17.3 Å². The fourth-order valence-corrected chi connectivity index (χ4v) is 1.16. The predicted octanol–water partition coefficient (Wildman–Crippen LogP) is 0.626.